The monoisotopic (exact) mass is 244 g/mol. The molecule has 0 amide bonds. The minimum absolute atomic E-state index is 0.575. The van der Waals surface area contributed by atoms with E-state index in [-0.39, 0.29) is 0 Å². The highest BCUT2D eigenvalue weighted by atomic mass is 15.3. The van der Waals surface area contributed by atoms with E-state index in [1.807, 2.05) is 11.8 Å². The molecule has 0 atom stereocenters. The van der Waals surface area contributed by atoms with E-state index in [0.717, 1.165) is 26.2 Å². The van der Waals surface area contributed by atoms with Crippen molar-refractivity contribution in [2.24, 2.45) is 5.92 Å². The van der Waals surface area contributed by atoms with Crippen LogP contribution < -0.4 is 0 Å². The number of rotatable bonds is 4. The van der Waals surface area contributed by atoms with Gasteiger partial charge in [-0.15, -0.1) is 0 Å². The number of allylic oxidation sites excluding steroid dienone is 5. The van der Waals surface area contributed by atoms with E-state index < -0.39 is 0 Å². The second-order valence-corrected chi connectivity index (χ2v) is 4.82. The summed E-state index contributed by atoms with van der Waals surface area (Å²) in [6, 6.07) is 2.71. The summed E-state index contributed by atoms with van der Waals surface area (Å²) in [6.07, 6.45) is 16.2. The molecule has 1 rings (SSSR count). The Morgan fingerprint density at radius 3 is 2.39 bits per heavy atom. The average Bonchev–Trinajstić information content (AvgIpc) is 2.39. The lowest BCUT2D eigenvalue weighted by Gasteiger charge is -2.34. The van der Waals surface area contributed by atoms with Gasteiger partial charge in [0.05, 0.1) is 0 Å². The third-order valence-electron chi connectivity index (χ3n) is 2.94. The van der Waals surface area contributed by atoms with Crippen LogP contribution in [0.4, 0.5) is 0 Å². The Kier molecular flexibility index (Phi) is 6.14. The van der Waals surface area contributed by atoms with Gasteiger partial charge in [0.2, 0.25) is 0 Å². The van der Waals surface area contributed by atoms with Gasteiger partial charge in [-0.2, -0.15) is 0 Å². The van der Waals surface area contributed by atoms with Gasteiger partial charge in [-0.1, -0.05) is 38.5 Å². The lowest BCUT2D eigenvalue weighted by Crippen LogP contribution is -2.43. The van der Waals surface area contributed by atoms with E-state index in [2.05, 4.69) is 55.2 Å². The lowest BCUT2D eigenvalue weighted by atomic mass is 10.1. The molecule has 1 heterocycles. The largest absolute Gasteiger partial charge is 0.368 e. The molecular formula is C16H24N2. The van der Waals surface area contributed by atoms with Crippen molar-refractivity contribution < 1.29 is 0 Å². The Balaban J connectivity index is 2.70. The van der Waals surface area contributed by atoms with Crippen LogP contribution in [0.2, 0.25) is 0 Å². The van der Waals surface area contributed by atoms with E-state index in [1.54, 1.807) is 0 Å². The third kappa shape index (κ3) is 4.71. The van der Waals surface area contributed by atoms with Crippen LogP contribution in [0.25, 0.3) is 0 Å². The maximum atomic E-state index is 5.42. The molecule has 0 aliphatic carbocycles. The Bertz CT molecular complexity index is 361. The number of piperazine rings is 1. The van der Waals surface area contributed by atoms with Crippen LogP contribution in [0, 0.1) is 18.4 Å². The van der Waals surface area contributed by atoms with Gasteiger partial charge < -0.3 is 9.80 Å². The summed E-state index contributed by atoms with van der Waals surface area (Å²) in [5, 5.41) is 0. The number of nitrogens with zero attached hydrogens (tertiary/aromatic N) is 2. The van der Waals surface area contributed by atoms with Gasteiger partial charge in [-0.05, 0) is 25.0 Å². The van der Waals surface area contributed by atoms with Gasteiger partial charge >= 0.3 is 0 Å². The second-order valence-electron chi connectivity index (χ2n) is 4.82. The van der Waals surface area contributed by atoms with E-state index in [0.29, 0.717) is 5.92 Å². The molecule has 1 saturated heterocycles. The fraction of sp³-hybridized carbons (Fsp3) is 0.500. The molecule has 2 heteroatoms. The van der Waals surface area contributed by atoms with Crippen molar-refractivity contribution in [3.8, 4) is 12.5 Å². The first-order valence-electron chi connectivity index (χ1n) is 6.64. The van der Waals surface area contributed by atoms with Crippen LogP contribution in [0.15, 0.2) is 36.1 Å². The maximum absolute atomic E-state index is 5.42. The molecular weight excluding hydrogens is 220 g/mol. The summed E-state index contributed by atoms with van der Waals surface area (Å²) in [7, 11) is 0. The predicted molar refractivity (Wildman–Crippen MR) is 78.9 cm³/mol. The molecule has 0 aromatic rings. The molecule has 18 heavy (non-hydrogen) atoms. The summed E-state index contributed by atoms with van der Waals surface area (Å²) in [4.78, 5) is 4.43. The third-order valence-corrected chi connectivity index (χ3v) is 2.94. The number of terminal acetylenes is 1. The molecule has 98 valence electrons. The highest BCUT2D eigenvalue weighted by molar-refractivity contribution is 5.23. The van der Waals surface area contributed by atoms with E-state index in [1.165, 1.54) is 5.70 Å². The van der Waals surface area contributed by atoms with Gasteiger partial charge in [-0.3, -0.25) is 0 Å². The summed E-state index contributed by atoms with van der Waals surface area (Å²) in [6.45, 7) is 10.3. The summed E-state index contributed by atoms with van der Waals surface area (Å²) in [5.41, 5.74) is 1.28. The van der Waals surface area contributed by atoms with Crippen LogP contribution in [0.1, 0.15) is 20.8 Å². The van der Waals surface area contributed by atoms with Crippen molar-refractivity contribution in [2.45, 2.75) is 20.8 Å². The zero-order valence-corrected chi connectivity index (χ0v) is 11.8. The van der Waals surface area contributed by atoms with Crippen molar-refractivity contribution in [1.29, 1.82) is 0 Å². The Labute approximate surface area is 112 Å². The summed E-state index contributed by atoms with van der Waals surface area (Å²) >= 11 is 0. The van der Waals surface area contributed by atoms with Gasteiger partial charge in [0, 0.05) is 37.9 Å². The average molecular weight is 244 g/mol. The van der Waals surface area contributed by atoms with E-state index in [9.17, 15) is 0 Å². The van der Waals surface area contributed by atoms with Gasteiger partial charge in [-0.25, -0.2) is 0 Å². The molecule has 0 aromatic heterocycles. The van der Waals surface area contributed by atoms with Crippen molar-refractivity contribution in [3.63, 3.8) is 0 Å². The highest BCUT2D eigenvalue weighted by Crippen LogP contribution is 2.12. The molecule has 0 aromatic carbocycles. The fourth-order valence-electron chi connectivity index (χ4n) is 1.85. The minimum atomic E-state index is 0.575. The number of hydrogen-bond donors (Lipinski definition) is 0. The number of hydrogen-bond acceptors (Lipinski definition) is 2. The van der Waals surface area contributed by atoms with Crippen molar-refractivity contribution >= 4 is 0 Å². The Morgan fingerprint density at radius 2 is 1.89 bits per heavy atom. The van der Waals surface area contributed by atoms with Crippen LogP contribution in [0.5, 0.6) is 0 Å². The minimum Gasteiger partial charge on any atom is -0.368 e. The first-order chi connectivity index (χ1) is 8.67. The highest BCUT2D eigenvalue weighted by Gasteiger charge is 2.15. The van der Waals surface area contributed by atoms with E-state index in [4.69, 9.17) is 6.42 Å². The standard InChI is InChI=1S/C16H24N2/c1-5-7-8-16(10-9-15(3)4)18-13-11-17(6-2)12-14-18/h2,5,7-10,15H,11-14H2,1,3-4H3/b7-5?,10-9-,16-8+. The summed E-state index contributed by atoms with van der Waals surface area (Å²) in [5.74, 6) is 0.575. The molecule has 0 bridgehead atoms. The van der Waals surface area contributed by atoms with Crippen LogP contribution in [-0.4, -0.2) is 36.0 Å². The van der Waals surface area contributed by atoms with Crippen molar-refractivity contribution in [2.75, 3.05) is 26.2 Å². The Morgan fingerprint density at radius 1 is 1.22 bits per heavy atom. The van der Waals surface area contributed by atoms with Crippen molar-refractivity contribution in [1.82, 2.24) is 9.80 Å². The van der Waals surface area contributed by atoms with Gasteiger partial charge in [0.25, 0.3) is 0 Å². The quantitative estimate of drug-likeness (QED) is 0.554. The molecule has 0 N–H and O–H groups in total. The normalized spacial score (nSPS) is 18.1. The molecule has 1 fully saturated rings. The fourth-order valence-corrected chi connectivity index (χ4v) is 1.85. The van der Waals surface area contributed by atoms with Gasteiger partial charge in [0.15, 0.2) is 0 Å². The first-order valence-corrected chi connectivity index (χ1v) is 6.64. The van der Waals surface area contributed by atoms with Gasteiger partial charge in [0.1, 0.15) is 0 Å². The summed E-state index contributed by atoms with van der Waals surface area (Å²) < 4.78 is 0. The maximum Gasteiger partial charge on any atom is 0.0437 e. The molecule has 0 saturated carbocycles. The molecule has 0 spiro atoms. The Hall–Kier alpha value is -1.62. The molecule has 0 unspecified atom stereocenters. The predicted octanol–water partition coefficient (Wildman–Crippen LogP) is 2.87. The molecule has 1 aliphatic heterocycles. The topological polar surface area (TPSA) is 6.48 Å². The lowest BCUT2D eigenvalue weighted by molar-refractivity contribution is 0.218. The molecule has 0 radical (unpaired) electrons. The van der Waals surface area contributed by atoms with Crippen LogP contribution in [-0.2, 0) is 0 Å². The van der Waals surface area contributed by atoms with Crippen LogP contribution in [0.3, 0.4) is 0 Å². The molecule has 1 aliphatic rings. The molecule has 2 nitrogen and oxygen atoms in total. The SMILES string of the molecule is C#CN1CCN(C(/C=C\C(C)C)=C/C=CC)CC1. The second kappa shape index (κ2) is 7.66. The van der Waals surface area contributed by atoms with Crippen LogP contribution >= 0.6 is 0 Å². The smallest absolute Gasteiger partial charge is 0.0437 e. The first kappa shape index (κ1) is 14.4. The zero-order valence-electron chi connectivity index (χ0n) is 11.8. The van der Waals surface area contributed by atoms with E-state index >= 15 is 0 Å². The zero-order chi connectivity index (χ0) is 13.4. The van der Waals surface area contributed by atoms with Crippen molar-refractivity contribution in [3.05, 3.63) is 36.1 Å².